The summed E-state index contributed by atoms with van der Waals surface area (Å²) in [6, 6.07) is 9.77. The fourth-order valence-corrected chi connectivity index (χ4v) is 4.01. The number of aliphatic carboxylic acids is 1. The highest BCUT2D eigenvalue weighted by Crippen LogP contribution is 2.35. The number of thioether (sulfide) groups is 1. The van der Waals surface area contributed by atoms with Crippen molar-refractivity contribution in [1.82, 2.24) is 4.90 Å². The Hall–Kier alpha value is -2.09. The zero-order valence-electron chi connectivity index (χ0n) is 13.6. The highest BCUT2D eigenvalue weighted by atomic mass is 35.5. The van der Waals surface area contributed by atoms with Crippen LogP contribution in [0.4, 0.5) is 0 Å². The molecule has 1 amide bonds. The van der Waals surface area contributed by atoms with Crippen LogP contribution in [-0.4, -0.2) is 32.2 Å². The zero-order chi connectivity index (χ0) is 18.8. The minimum atomic E-state index is -1.08. The number of amides is 1. The molecule has 0 saturated carbocycles. The van der Waals surface area contributed by atoms with E-state index < -0.39 is 17.9 Å². The number of furan rings is 1. The summed E-state index contributed by atoms with van der Waals surface area (Å²) >= 11 is 12.1. The Kier molecular flexibility index (Phi) is 5.50. The van der Waals surface area contributed by atoms with Crippen LogP contribution in [0.25, 0.3) is 17.4 Å². The van der Waals surface area contributed by atoms with E-state index in [1.54, 1.807) is 37.3 Å². The summed E-state index contributed by atoms with van der Waals surface area (Å²) < 4.78 is 6.00. The minimum absolute atomic E-state index is 0.236. The first-order chi connectivity index (χ1) is 12.4. The third-order valence-electron chi connectivity index (χ3n) is 3.84. The molecule has 0 spiro atoms. The molecule has 1 atom stereocenters. The van der Waals surface area contributed by atoms with Gasteiger partial charge in [-0.1, -0.05) is 42.5 Å². The molecule has 0 radical (unpaired) electrons. The van der Waals surface area contributed by atoms with Crippen molar-refractivity contribution in [2.45, 2.75) is 19.4 Å². The first-order valence-electron chi connectivity index (χ1n) is 7.76. The number of hydrogen-bond acceptors (Lipinski definition) is 5. The molecule has 0 aliphatic carbocycles. The van der Waals surface area contributed by atoms with E-state index >= 15 is 0 Å². The maximum absolute atomic E-state index is 12.6. The van der Waals surface area contributed by atoms with Crippen molar-refractivity contribution in [3.8, 4) is 11.3 Å². The van der Waals surface area contributed by atoms with Gasteiger partial charge in [0.1, 0.15) is 21.9 Å². The van der Waals surface area contributed by atoms with Gasteiger partial charge in [0, 0.05) is 16.7 Å². The van der Waals surface area contributed by atoms with E-state index in [4.69, 9.17) is 28.2 Å². The average molecular weight is 408 g/mol. The molecule has 1 aromatic heterocycles. The molecule has 134 valence electrons. The van der Waals surface area contributed by atoms with Gasteiger partial charge in [-0.05, 0) is 42.8 Å². The first kappa shape index (κ1) is 18.7. The fraction of sp³-hybridized carbons (Fsp3) is 0.167. The standard InChI is InChI=1S/C18H14ClNO4S2/c1-2-13(17(22)23)20-16(21)15(26-18(20)25)9-12-7-8-14(24-12)10-3-5-11(19)6-4-10/h3-9,13H,2H2,1H3,(H,22,23)/b15-9-/t13-/m1/s1. The molecule has 0 bridgehead atoms. The average Bonchev–Trinajstić information content (AvgIpc) is 3.16. The Labute approximate surface area is 164 Å². The SMILES string of the molecule is CC[C@H](C(=O)O)N1C(=O)/C(=C/c2ccc(-c3ccc(Cl)cc3)o2)SC1=S. The van der Waals surface area contributed by atoms with Crippen LogP contribution in [0.1, 0.15) is 19.1 Å². The van der Waals surface area contributed by atoms with Gasteiger partial charge in [-0.15, -0.1) is 0 Å². The van der Waals surface area contributed by atoms with E-state index in [1.165, 1.54) is 0 Å². The number of carboxylic acids is 1. The van der Waals surface area contributed by atoms with Gasteiger partial charge >= 0.3 is 5.97 Å². The fourth-order valence-electron chi connectivity index (χ4n) is 2.55. The van der Waals surface area contributed by atoms with Gasteiger partial charge in [-0.2, -0.15) is 0 Å². The minimum Gasteiger partial charge on any atom is -0.480 e. The molecule has 2 heterocycles. The molecular formula is C18H14ClNO4S2. The number of carbonyl (C=O) groups is 2. The number of hydrogen-bond donors (Lipinski definition) is 1. The van der Waals surface area contributed by atoms with Gasteiger partial charge in [-0.3, -0.25) is 9.69 Å². The maximum Gasteiger partial charge on any atom is 0.326 e. The summed E-state index contributed by atoms with van der Waals surface area (Å²) in [5, 5.41) is 9.92. The van der Waals surface area contributed by atoms with Gasteiger partial charge < -0.3 is 9.52 Å². The normalized spacial score (nSPS) is 17.2. The quantitative estimate of drug-likeness (QED) is 0.574. The Bertz CT molecular complexity index is 904. The lowest BCUT2D eigenvalue weighted by Gasteiger charge is -2.21. The smallest absolute Gasteiger partial charge is 0.326 e. The number of nitrogens with zero attached hydrogens (tertiary/aromatic N) is 1. The lowest BCUT2D eigenvalue weighted by Crippen LogP contribution is -2.43. The van der Waals surface area contributed by atoms with Gasteiger partial charge in [0.25, 0.3) is 5.91 Å². The Morgan fingerprint density at radius 2 is 2.04 bits per heavy atom. The first-order valence-corrected chi connectivity index (χ1v) is 9.36. The van der Waals surface area contributed by atoms with Crippen molar-refractivity contribution in [2.75, 3.05) is 0 Å². The summed E-state index contributed by atoms with van der Waals surface area (Å²) in [6.45, 7) is 1.70. The molecule has 1 aliphatic heterocycles. The number of carbonyl (C=O) groups excluding carboxylic acids is 1. The molecule has 1 aliphatic rings. The van der Waals surface area contributed by atoms with Gasteiger partial charge in [0.05, 0.1) is 4.91 Å². The van der Waals surface area contributed by atoms with Crippen LogP contribution in [0.3, 0.4) is 0 Å². The number of benzene rings is 1. The molecule has 26 heavy (non-hydrogen) atoms. The highest BCUT2D eigenvalue weighted by Gasteiger charge is 2.39. The molecule has 1 N–H and O–H groups in total. The van der Waals surface area contributed by atoms with Crippen LogP contribution in [0, 0.1) is 0 Å². The number of carboxylic acid groups (broad SMARTS) is 1. The molecule has 1 saturated heterocycles. The van der Waals surface area contributed by atoms with Crippen LogP contribution < -0.4 is 0 Å². The number of thiocarbonyl (C=S) groups is 1. The monoisotopic (exact) mass is 407 g/mol. The van der Waals surface area contributed by atoms with E-state index in [1.807, 2.05) is 12.1 Å². The third kappa shape index (κ3) is 3.70. The van der Waals surface area contributed by atoms with Gasteiger partial charge in [0.2, 0.25) is 0 Å². The maximum atomic E-state index is 12.6. The van der Waals surface area contributed by atoms with Crippen molar-refractivity contribution >= 4 is 57.9 Å². The molecular weight excluding hydrogens is 394 g/mol. The predicted molar refractivity (Wildman–Crippen MR) is 106 cm³/mol. The van der Waals surface area contributed by atoms with Crippen LogP contribution in [0.15, 0.2) is 45.7 Å². The topological polar surface area (TPSA) is 70.8 Å². The second-order valence-corrected chi connectivity index (χ2v) is 7.64. The van der Waals surface area contributed by atoms with Crippen LogP contribution >= 0.6 is 35.6 Å². The second-order valence-electron chi connectivity index (χ2n) is 5.52. The van der Waals surface area contributed by atoms with Crippen molar-refractivity contribution < 1.29 is 19.1 Å². The van der Waals surface area contributed by atoms with Crippen molar-refractivity contribution in [1.29, 1.82) is 0 Å². The van der Waals surface area contributed by atoms with Crippen LogP contribution in [0.5, 0.6) is 0 Å². The zero-order valence-corrected chi connectivity index (χ0v) is 16.0. The molecule has 0 unspecified atom stereocenters. The summed E-state index contributed by atoms with van der Waals surface area (Å²) in [5.41, 5.74) is 0.860. The molecule has 1 fully saturated rings. The molecule has 5 nitrogen and oxygen atoms in total. The number of rotatable bonds is 5. The van der Waals surface area contributed by atoms with Gasteiger partial charge in [-0.25, -0.2) is 4.79 Å². The molecule has 8 heteroatoms. The summed E-state index contributed by atoms with van der Waals surface area (Å²) in [4.78, 5) is 25.4. The van der Waals surface area contributed by atoms with E-state index in [-0.39, 0.29) is 10.7 Å². The van der Waals surface area contributed by atoms with Crippen LogP contribution in [-0.2, 0) is 9.59 Å². The Morgan fingerprint density at radius 1 is 1.35 bits per heavy atom. The second kappa shape index (κ2) is 7.65. The largest absolute Gasteiger partial charge is 0.480 e. The summed E-state index contributed by atoms with van der Waals surface area (Å²) in [5.74, 6) is -0.369. The number of halogens is 1. The molecule has 3 rings (SSSR count). The summed E-state index contributed by atoms with van der Waals surface area (Å²) in [7, 11) is 0. The Balaban J connectivity index is 1.85. The third-order valence-corrected chi connectivity index (χ3v) is 5.42. The van der Waals surface area contributed by atoms with Crippen molar-refractivity contribution in [2.24, 2.45) is 0 Å². The summed E-state index contributed by atoms with van der Waals surface area (Å²) in [6.07, 6.45) is 1.85. The van der Waals surface area contributed by atoms with Crippen molar-refractivity contribution in [3.63, 3.8) is 0 Å². The predicted octanol–water partition coefficient (Wildman–Crippen LogP) is 4.66. The molecule has 2 aromatic rings. The van der Waals surface area contributed by atoms with E-state index in [0.717, 1.165) is 22.2 Å². The highest BCUT2D eigenvalue weighted by molar-refractivity contribution is 8.26. The lowest BCUT2D eigenvalue weighted by molar-refractivity contribution is -0.145. The van der Waals surface area contributed by atoms with E-state index in [9.17, 15) is 14.7 Å². The Morgan fingerprint density at radius 3 is 2.65 bits per heavy atom. The van der Waals surface area contributed by atoms with Crippen LogP contribution in [0.2, 0.25) is 5.02 Å². The van der Waals surface area contributed by atoms with E-state index in [2.05, 4.69) is 0 Å². The van der Waals surface area contributed by atoms with Crippen molar-refractivity contribution in [3.05, 3.63) is 52.1 Å². The van der Waals surface area contributed by atoms with E-state index in [0.29, 0.717) is 21.4 Å². The molecule has 1 aromatic carbocycles. The lowest BCUT2D eigenvalue weighted by atomic mass is 10.2. The van der Waals surface area contributed by atoms with Gasteiger partial charge in [0.15, 0.2) is 0 Å².